The summed E-state index contributed by atoms with van der Waals surface area (Å²) < 4.78 is 39.8. The van der Waals surface area contributed by atoms with Crippen LogP contribution in [0, 0.1) is 11.8 Å². The number of hydrogen-bond donors (Lipinski definition) is 1. The lowest BCUT2D eigenvalue weighted by Crippen LogP contribution is -2.48. The van der Waals surface area contributed by atoms with E-state index >= 15 is 0 Å². The number of morpholine rings is 1. The van der Waals surface area contributed by atoms with Gasteiger partial charge in [0, 0.05) is 57.1 Å². The molecule has 0 atom stereocenters. The van der Waals surface area contributed by atoms with Crippen molar-refractivity contribution >= 4 is 21.4 Å². The average molecular weight is 515 g/mol. The van der Waals surface area contributed by atoms with Crippen LogP contribution in [0.4, 0.5) is 11.4 Å². The number of methoxy groups -OCH3 is 1. The van der Waals surface area contributed by atoms with E-state index in [2.05, 4.69) is 50.2 Å². The van der Waals surface area contributed by atoms with E-state index in [0.29, 0.717) is 55.8 Å². The van der Waals surface area contributed by atoms with E-state index < -0.39 is 10.0 Å². The zero-order chi connectivity index (χ0) is 25.5. The SMILES string of the molecule is COc1ncc(N2CCOCC2)cc1S(=O)(=O)Nc1cncc(C#CCN2CCN(C(C)C)CC2)c1. The molecule has 36 heavy (non-hydrogen) atoms. The van der Waals surface area contributed by atoms with Crippen molar-refractivity contribution in [1.82, 2.24) is 19.8 Å². The molecule has 4 rings (SSSR count). The number of ether oxygens (including phenoxy) is 2. The summed E-state index contributed by atoms with van der Waals surface area (Å²) >= 11 is 0. The zero-order valence-electron chi connectivity index (χ0n) is 21.1. The van der Waals surface area contributed by atoms with Gasteiger partial charge in [-0.3, -0.25) is 19.5 Å². The molecule has 0 saturated carbocycles. The maximum absolute atomic E-state index is 13.3. The second kappa shape index (κ2) is 11.9. The summed E-state index contributed by atoms with van der Waals surface area (Å²) in [6.45, 7) is 11.7. The minimum Gasteiger partial charge on any atom is -0.480 e. The highest BCUT2D eigenvalue weighted by Gasteiger charge is 2.24. The number of piperazine rings is 1. The molecule has 2 aromatic rings. The Morgan fingerprint density at radius 3 is 2.53 bits per heavy atom. The lowest BCUT2D eigenvalue weighted by Gasteiger charge is -2.36. The molecule has 0 aliphatic carbocycles. The highest BCUT2D eigenvalue weighted by atomic mass is 32.2. The third kappa shape index (κ3) is 6.64. The van der Waals surface area contributed by atoms with Gasteiger partial charge in [-0.25, -0.2) is 13.4 Å². The molecular weight excluding hydrogens is 480 g/mol. The number of anilines is 2. The van der Waals surface area contributed by atoms with Gasteiger partial charge in [-0.1, -0.05) is 11.8 Å². The Balaban J connectivity index is 1.44. The van der Waals surface area contributed by atoms with Crippen LogP contribution in [0.3, 0.4) is 0 Å². The molecule has 2 aromatic heterocycles. The molecule has 2 fully saturated rings. The monoisotopic (exact) mass is 514 g/mol. The Bertz CT molecular complexity index is 1200. The van der Waals surface area contributed by atoms with E-state index in [4.69, 9.17) is 9.47 Å². The second-order valence-electron chi connectivity index (χ2n) is 9.08. The molecule has 10 nitrogen and oxygen atoms in total. The zero-order valence-corrected chi connectivity index (χ0v) is 21.9. The number of aromatic nitrogens is 2. The summed E-state index contributed by atoms with van der Waals surface area (Å²) in [5.41, 5.74) is 1.67. The van der Waals surface area contributed by atoms with E-state index in [1.165, 1.54) is 13.3 Å². The summed E-state index contributed by atoms with van der Waals surface area (Å²) in [4.78, 5) is 15.2. The van der Waals surface area contributed by atoms with Gasteiger partial charge in [-0.05, 0) is 26.0 Å². The minimum absolute atomic E-state index is 0.0287. The standard InChI is InChI=1S/C25H34N6O4S/c1-20(2)30-9-7-29(8-10-30)6-4-5-21-15-22(18-26-17-21)28-36(32,33)24-16-23(19-27-25(24)34-3)31-11-13-35-14-12-31/h15-20,28H,6-14H2,1-3H3. The van der Waals surface area contributed by atoms with Crippen molar-refractivity contribution in [3.63, 3.8) is 0 Å². The van der Waals surface area contributed by atoms with Crippen molar-refractivity contribution < 1.29 is 17.9 Å². The van der Waals surface area contributed by atoms with Crippen LogP contribution in [0.15, 0.2) is 35.6 Å². The number of nitrogens with zero attached hydrogens (tertiary/aromatic N) is 5. The van der Waals surface area contributed by atoms with Gasteiger partial charge in [0.05, 0.1) is 50.6 Å². The topological polar surface area (TPSA) is 100 Å². The highest BCUT2D eigenvalue weighted by molar-refractivity contribution is 7.92. The first-order valence-corrected chi connectivity index (χ1v) is 13.6. The van der Waals surface area contributed by atoms with Crippen molar-refractivity contribution in [2.24, 2.45) is 0 Å². The van der Waals surface area contributed by atoms with Crippen LogP contribution >= 0.6 is 0 Å². The molecule has 2 aliphatic heterocycles. The number of nitrogens with one attached hydrogen (secondary N) is 1. The van der Waals surface area contributed by atoms with E-state index in [1.807, 2.05) is 4.90 Å². The van der Waals surface area contributed by atoms with Crippen LogP contribution < -0.4 is 14.4 Å². The minimum atomic E-state index is -3.98. The number of hydrogen-bond acceptors (Lipinski definition) is 9. The summed E-state index contributed by atoms with van der Waals surface area (Å²) in [5.74, 6) is 6.33. The largest absolute Gasteiger partial charge is 0.480 e. The Morgan fingerprint density at radius 1 is 1.08 bits per heavy atom. The van der Waals surface area contributed by atoms with Gasteiger partial charge < -0.3 is 14.4 Å². The number of rotatable bonds is 7. The van der Waals surface area contributed by atoms with Crippen LogP contribution in [-0.2, 0) is 14.8 Å². The first-order chi connectivity index (χ1) is 17.4. The number of sulfonamides is 1. The van der Waals surface area contributed by atoms with Crippen molar-refractivity contribution in [3.05, 3.63) is 36.3 Å². The molecule has 0 amide bonds. The molecule has 0 radical (unpaired) electrons. The van der Waals surface area contributed by atoms with Gasteiger partial charge in [-0.15, -0.1) is 0 Å². The molecule has 1 N–H and O–H groups in total. The molecule has 0 aromatic carbocycles. The fourth-order valence-electron chi connectivity index (χ4n) is 4.23. The van der Waals surface area contributed by atoms with Crippen molar-refractivity contribution in [2.45, 2.75) is 24.8 Å². The van der Waals surface area contributed by atoms with E-state index in [9.17, 15) is 8.42 Å². The second-order valence-corrected chi connectivity index (χ2v) is 10.7. The fourth-order valence-corrected chi connectivity index (χ4v) is 5.40. The quantitative estimate of drug-likeness (QED) is 0.551. The van der Waals surface area contributed by atoms with Gasteiger partial charge >= 0.3 is 0 Å². The first kappa shape index (κ1) is 26.2. The molecule has 2 aliphatic rings. The van der Waals surface area contributed by atoms with Crippen LogP contribution in [0.1, 0.15) is 19.4 Å². The summed E-state index contributed by atoms with van der Waals surface area (Å²) in [6.07, 6.45) is 4.70. The van der Waals surface area contributed by atoms with Crippen LogP contribution in [-0.4, -0.2) is 100 Å². The maximum Gasteiger partial charge on any atom is 0.267 e. The first-order valence-electron chi connectivity index (χ1n) is 12.2. The van der Waals surface area contributed by atoms with E-state index in [-0.39, 0.29) is 10.8 Å². The van der Waals surface area contributed by atoms with Crippen molar-refractivity contribution in [1.29, 1.82) is 0 Å². The van der Waals surface area contributed by atoms with Gasteiger partial charge in [0.25, 0.3) is 10.0 Å². The molecule has 11 heteroatoms. The molecule has 194 valence electrons. The molecule has 0 spiro atoms. The third-order valence-corrected chi connectivity index (χ3v) is 7.70. The smallest absolute Gasteiger partial charge is 0.267 e. The van der Waals surface area contributed by atoms with Crippen LogP contribution in [0.5, 0.6) is 5.88 Å². The summed E-state index contributed by atoms with van der Waals surface area (Å²) in [5, 5.41) is 0. The van der Waals surface area contributed by atoms with E-state index in [1.54, 1.807) is 24.5 Å². The molecular formula is C25H34N6O4S. The van der Waals surface area contributed by atoms with Crippen molar-refractivity contribution in [2.75, 3.05) is 75.8 Å². The Morgan fingerprint density at radius 2 is 1.83 bits per heavy atom. The molecule has 4 heterocycles. The lowest BCUT2D eigenvalue weighted by atomic mass is 10.2. The molecule has 0 unspecified atom stereocenters. The Labute approximate surface area is 213 Å². The fraction of sp³-hybridized carbons (Fsp3) is 0.520. The van der Waals surface area contributed by atoms with Gasteiger partial charge in [0.15, 0.2) is 4.90 Å². The van der Waals surface area contributed by atoms with Gasteiger partial charge in [-0.2, -0.15) is 0 Å². The van der Waals surface area contributed by atoms with Crippen LogP contribution in [0.25, 0.3) is 0 Å². The number of pyridine rings is 2. The highest BCUT2D eigenvalue weighted by Crippen LogP contribution is 2.28. The van der Waals surface area contributed by atoms with Crippen LogP contribution in [0.2, 0.25) is 0 Å². The predicted molar refractivity (Wildman–Crippen MR) is 139 cm³/mol. The summed E-state index contributed by atoms with van der Waals surface area (Å²) in [6, 6.07) is 3.82. The Kier molecular flexibility index (Phi) is 8.64. The van der Waals surface area contributed by atoms with Gasteiger partial charge in [0.1, 0.15) is 0 Å². The maximum atomic E-state index is 13.3. The average Bonchev–Trinajstić information content (AvgIpc) is 2.89. The normalized spacial score (nSPS) is 17.5. The van der Waals surface area contributed by atoms with Crippen molar-refractivity contribution in [3.8, 4) is 17.7 Å². The predicted octanol–water partition coefficient (Wildman–Crippen LogP) is 1.50. The third-order valence-electron chi connectivity index (χ3n) is 6.33. The lowest BCUT2D eigenvalue weighted by molar-refractivity contribution is 0.118. The van der Waals surface area contributed by atoms with Gasteiger partial charge in [0.2, 0.25) is 5.88 Å². The summed E-state index contributed by atoms with van der Waals surface area (Å²) in [7, 11) is -2.58. The Hall–Kier alpha value is -2.91. The van der Waals surface area contributed by atoms with E-state index in [0.717, 1.165) is 26.2 Å². The molecule has 0 bridgehead atoms. The molecule has 2 saturated heterocycles.